The minimum atomic E-state index is -0.0594. The summed E-state index contributed by atoms with van der Waals surface area (Å²) >= 11 is 5.87. The van der Waals surface area contributed by atoms with Crippen molar-refractivity contribution in [2.24, 2.45) is 0 Å². The molecular formula is C21H25Cl2N3O. The number of carbonyl (C=O) groups excluding carboxylic acids is 1. The van der Waals surface area contributed by atoms with Crippen LogP contribution in [0.1, 0.15) is 16.7 Å². The van der Waals surface area contributed by atoms with Gasteiger partial charge in [0.05, 0.1) is 0 Å². The molecule has 1 N–H and O–H groups in total. The molecule has 1 saturated heterocycles. The first kappa shape index (κ1) is 21.1. The van der Waals surface area contributed by atoms with E-state index in [0.717, 1.165) is 18.7 Å². The molecule has 0 spiro atoms. The highest BCUT2D eigenvalue weighted by Crippen LogP contribution is 2.23. The number of anilines is 1. The molecule has 1 heterocycles. The summed E-state index contributed by atoms with van der Waals surface area (Å²) in [6.45, 7) is 7.42. The fourth-order valence-corrected chi connectivity index (χ4v) is 3.23. The van der Waals surface area contributed by atoms with E-state index in [0.29, 0.717) is 18.1 Å². The van der Waals surface area contributed by atoms with Gasteiger partial charge in [-0.25, -0.2) is 4.79 Å². The number of hydrogen-bond acceptors (Lipinski definition) is 2. The van der Waals surface area contributed by atoms with Crippen molar-refractivity contribution in [1.82, 2.24) is 10.2 Å². The number of hydrogen-bond donors (Lipinski definition) is 1. The zero-order valence-corrected chi connectivity index (χ0v) is 17.2. The lowest BCUT2D eigenvalue weighted by Gasteiger charge is -2.36. The van der Waals surface area contributed by atoms with Crippen LogP contribution in [0.4, 0.5) is 10.5 Å². The Morgan fingerprint density at radius 2 is 1.70 bits per heavy atom. The Kier molecular flexibility index (Phi) is 7.57. The Bertz CT molecular complexity index is 798. The third kappa shape index (κ3) is 5.41. The number of nitrogens with one attached hydrogen (secondary N) is 1. The van der Waals surface area contributed by atoms with E-state index < -0.39 is 0 Å². The minimum Gasteiger partial charge on any atom is -0.368 e. The molecule has 2 amide bonds. The molecule has 27 heavy (non-hydrogen) atoms. The summed E-state index contributed by atoms with van der Waals surface area (Å²) in [5.74, 6) is 0. The van der Waals surface area contributed by atoms with Crippen LogP contribution in [0.5, 0.6) is 0 Å². The number of piperazine rings is 1. The maximum absolute atomic E-state index is 12.3. The van der Waals surface area contributed by atoms with Crippen molar-refractivity contribution in [1.29, 1.82) is 0 Å². The molecule has 2 aromatic carbocycles. The van der Waals surface area contributed by atoms with Crippen molar-refractivity contribution in [2.45, 2.75) is 13.8 Å². The quantitative estimate of drug-likeness (QED) is 0.789. The minimum absolute atomic E-state index is 0. The van der Waals surface area contributed by atoms with Gasteiger partial charge in [0, 0.05) is 43.1 Å². The van der Waals surface area contributed by atoms with Gasteiger partial charge in [-0.1, -0.05) is 35.9 Å². The van der Waals surface area contributed by atoms with Gasteiger partial charge >= 0.3 is 6.03 Å². The molecule has 3 rings (SSSR count). The Morgan fingerprint density at radius 1 is 1.04 bits per heavy atom. The Labute approximate surface area is 172 Å². The lowest BCUT2D eigenvalue weighted by atomic mass is 10.1. The van der Waals surface area contributed by atoms with Crippen LogP contribution >= 0.6 is 24.0 Å². The number of nitrogens with zero attached hydrogens (tertiary/aromatic N) is 2. The highest BCUT2D eigenvalue weighted by Gasteiger charge is 2.21. The monoisotopic (exact) mass is 405 g/mol. The molecular weight excluding hydrogens is 381 g/mol. The molecule has 0 saturated carbocycles. The van der Waals surface area contributed by atoms with Crippen molar-refractivity contribution >= 4 is 41.8 Å². The summed E-state index contributed by atoms with van der Waals surface area (Å²) < 4.78 is 0. The molecule has 0 radical (unpaired) electrons. The number of halogens is 2. The van der Waals surface area contributed by atoms with Crippen molar-refractivity contribution in [3.05, 3.63) is 70.4 Å². The maximum Gasteiger partial charge on any atom is 0.321 e. The smallest absolute Gasteiger partial charge is 0.321 e. The summed E-state index contributed by atoms with van der Waals surface area (Å²) in [7, 11) is 0. The molecule has 4 nitrogen and oxygen atoms in total. The van der Waals surface area contributed by atoms with Gasteiger partial charge in [-0.3, -0.25) is 0 Å². The number of aryl methyl sites for hydroxylation is 1. The number of carbonyl (C=O) groups is 1. The summed E-state index contributed by atoms with van der Waals surface area (Å²) in [5.41, 5.74) is 4.88. The van der Waals surface area contributed by atoms with Gasteiger partial charge in [-0.2, -0.15) is 0 Å². The van der Waals surface area contributed by atoms with Crippen LogP contribution in [-0.2, 0) is 0 Å². The summed E-state index contributed by atoms with van der Waals surface area (Å²) in [6.07, 6.45) is 3.54. The van der Waals surface area contributed by atoms with Crippen molar-refractivity contribution in [2.75, 3.05) is 31.1 Å². The summed E-state index contributed by atoms with van der Waals surface area (Å²) in [5, 5.41) is 3.55. The van der Waals surface area contributed by atoms with E-state index in [1.165, 1.54) is 16.8 Å². The molecule has 0 aliphatic carbocycles. The maximum atomic E-state index is 12.3. The average molecular weight is 406 g/mol. The van der Waals surface area contributed by atoms with E-state index in [1.807, 2.05) is 35.2 Å². The first-order valence-electron chi connectivity index (χ1n) is 8.83. The average Bonchev–Trinajstić information content (AvgIpc) is 2.66. The van der Waals surface area contributed by atoms with Crippen molar-refractivity contribution in [3.8, 4) is 0 Å². The van der Waals surface area contributed by atoms with Gasteiger partial charge < -0.3 is 15.1 Å². The molecule has 2 aromatic rings. The van der Waals surface area contributed by atoms with E-state index >= 15 is 0 Å². The first-order valence-corrected chi connectivity index (χ1v) is 9.21. The van der Waals surface area contributed by atoms with Gasteiger partial charge in [0.15, 0.2) is 0 Å². The van der Waals surface area contributed by atoms with Gasteiger partial charge in [0.2, 0.25) is 0 Å². The molecule has 144 valence electrons. The molecule has 0 aromatic heterocycles. The molecule has 1 aliphatic heterocycles. The highest BCUT2D eigenvalue weighted by molar-refractivity contribution is 6.30. The topological polar surface area (TPSA) is 35.6 Å². The Balaban J connectivity index is 0.00000261. The largest absolute Gasteiger partial charge is 0.368 e. The van der Waals surface area contributed by atoms with Crippen molar-refractivity contribution < 1.29 is 4.79 Å². The number of urea groups is 1. The zero-order chi connectivity index (χ0) is 18.5. The molecule has 0 atom stereocenters. The molecule has 0 unspecified atom stereocenters. The van der Waals surface area contributed by atoms with Gasteiger partial charge in [0.25, 0.3) is 0 Å². The Hall–Kier alpha value is -2.17. The van der Waals surface area contributed by atoms with Crippen LogP contribution in [0.25, 0.3) is 6.08 Å². The second kappa shape index (κ2) is 9.67. The van der Waals surface area contributed by atoms with Crippen LogP contribution in [0, 0.1) is 13.8 Å². The van der Waals surface area contributed by atoms with E-state index in [-0.39, 0.29) is 18.4 Å². The van der Waals surface area contributed by atoms with E-state index in [4.69, 9.17) is 11.6 Å². The Morgan fingerprint density at radius 3 is 2.37 bits per heavy atom. The molecule has 1 fully saturated rings. The van der Waals surface area contributed by atoms with Crippen LogP contribution in [0.2, 0.25) is 5.02 Å². The van der Waals surface area contributed by atoms with Crippen LogP contribution in [0.15, 0.2) is 48.7 Å². The lowest BCUT2D eigenvalue weighted by Crippen LogP contribution is -2.51. The second-order valence-corrected chi connectivity index (χ2v) is 6.96. The van der Waals surface area contributed by atoms with E-state index in [1.54, 1.807) is 6.20 Å². The zero-order valence-electron chi connectivity index (χ0n) is 15.6. The SMILES string of the molecule is Cc1cccc(N2CCN(C(=O)N/C=C/c3ccc(Cl)cc3)CC2)c1C.Cl. The fourth-order valence-electron chi connectivity index (χ4n) is 3.10. The molecule has 0 bridgehead atoms. The third-order valence-electron chi connectivity index (χ3n) is 4.84. The van der Waals surface area contributed by atoms with Gasteiger partial charge in [-0.05, 0) is 54.8 Å². The summed E-state index contributed by atoms with van der Waals surface area (Å²) in [6, 6.07) is 13.8. The third-order valence-corrected chi connectivity index (χ3v) is 5.09. The highest BCUT2D eigenvalue weighted by atomic mass is 35.5. The van der Waals surface area contributed by atoms with Crippen molar-refractivity contribution in [3.63, 3.8) is 0 Å². The molecule has 6 heteroatoms. The predicted octanol–water partition coefficient (Wildman–Crippen LogP) is 4.88. The normalized spacial score (nSPS) is 14.2. The van der Waals surface area contributed by atoms with E-state index in [9.17, 15) is 4.79 Å². The number of rotatable bonds is 3. The summed E-state index contributed by atoms with van der Waals surface area (Å²) in [4.78, 5) is 16.5. The lowest BCUT2D eigenvalue weighted by molar-refractivity contribution is 0.198. The predicted molar refractivity (Wildman–Crippen MR) is 116 cm³/mol. The van der Waals surface area contributed by atoms with Gasteiger partial charge in [-0.15, -0.1) is 12.4 Å². The fraction of sp³-hybridized carbons (Fsp3) is 0.286. The van der Waals surface area contributed by atoms with Crippen LogP contribution in [-0.4, -0.2) is 37.1 Å². The standard InChI is InChI=1S/C21H24ClN3O.ClH/c1-16-4-3-5-20(17(16)2)24-12-14-25(15-13-24)21(26)23-11-10-18-6-8-19(22)9-7-18;/h3-11H,12-15H2,1-2H3,(H,23,26);1H/b11-10+;. The number of benzene rings is 2. The molecule has 1 aliphatic rings. The van der Waals surface area contributed by atoms with Crippen LogP contribution in [0.3, 0.4) is 0 Å². The van der Waals surface area contributed by atoms with Gasteiger partial charge in [0.1, 0.15) is 0 Å². The first-order chi connectivity index (χ1) is 12.5. The number of amides is 2. The second-order valence-electron chi connectivity index (χ2n) is 6.53. The van der Waals surface area contributed by atoms with E-state index in [2.05, 4.69) is 42.3 Å². The van der Waals surface area contributed by atoms with Crippen LogP contribution < -0.4 is 10.2 Å².